The monoisotopic (exact) mass is 535 g/mol. The number of nitrogens with one attached hydrogen (secondary N) is 1. The van der Waals surface area contributed by atoms with Gasteiger partial charge in [0, 0.05) is 57.7 Å². The summed E-state index contributed by atoms with van der Waals surface area (Å²) in [5.74, 6) is 0.979. The van der Waals surface area contributed by atoms with Gasteiger partial charge in [-0.1, -0.05) is 29.4 Å². The third-order valence-electron chi connectivity index (χ3n) is 5.29. The van der Waals surface area contributed by atoms with E-state index in [1.807, 2.05) is 29.2 Å². The normalized spacial score (nSPS) is 15.0. The summed E-state index contributed by atoms with van der Waals surface area (Å²) in [6.07, 6.45) is 5.43. The lowest BCUT2D eigenvalue weighted by Crippen LogP contribution is -2.52. The number of rotatable bonds is 7. The van der Waals surface area contributed by atoms with Crippen molar-refractivity contribution in [2.75, 3.05) is 32.7 Å². The highest BCUT2D eigenvalue weighted by atomic mass is 127. The lowest BCUT2D eigenvalue weighted by atomic mass is 10.1. The second-order valence-corrected chi connectivity index (χ2v) is 7.40. The SMILES string of the molecule is CCNC(=NCc1ccccc1Cn1cccn1)N1CCN(Cc2ccon2)CC1.I. The molecular weight excluding hydrogens is 505 g/mol. The third kappa shape index (κ3) is 6.54. The van der Waals surface area contributed by atoms with Crippen molar-refractivity contribution in [3.05, 3.63) is 71.9 Å². The molecule has 1 aliphatic heterocycles. The number of guanidine groups is 1. The van der Waals surface area contributed by atoms with Gasteiger partial charge in [-0.2, -0.15) is 5.10 Å². The number of nitrogens with zero attached hydrogens (tertiary/aromatic N) is 6. The van der Waals surface area contributed by atoms with E-state index in [0.29, 0.717) is 6.54 Å². The van der Waals surface area contributed by atoms with Crippen LogP contribution in [0.4, 0.5) is 0 Å². The molecule has 166 valence electrons. The average molecular weight is 535 g/mol. The van der Waals surface area contributed by atoms with Gasteiger partial charge in [0.25, 0.3) is 0 Å². The van der Waals surface area contributed by atoms with Gasteiger partial charge in [0.05, 0.1) is 18.8 Å². The number of halogens is 1. The molecule has 0 unspecified atom stereocenters. The van der Waals surface area contributed by atoms with Gasteiger partial charge in [0.15, 0.2) is 5.96 Å². The van der Waals surface area contributed by atoms with Crippen LogP contribution in [0.2, 0.25) is 0 Å². The maximum Gasteiger partial charge on any atom is 0.194 e. The second kappa shape index (κ2) is 11.8. The fraction of sp³-hybridized carbons (Fsp3) is 0.409. The number of aromatic nitrogens is 3. The van der Waals surface area contributed by atoms with E-state index < -0.39 is 0 Å². The first-order valence-corrected chi connectivity index (χ1v) is 10.5. The van der Waals surface area contributed by atoms with Crippen LogP contribution in [0.15, 0.2) is 64.6 Å². The van der Waals surface area contributed by atoms with Crippen molar-refractivity contribution in [1.82, 2.24) is 30.1 Å². The molecule has 8 nitrogen and oxygen atoms in total. The Balaban J connectivity index is 0.00000272. The Morgan fingerprint density at radius 3 is 2.55 bits per heavy atom. The summed E-state index contributed by atoms with van der Waals surface area (Å²) in [6, 6.07) is 12.3. The van der Waals surface area contributed by atoms with Gasteiger partial charge >= 0.3 is 0 Å². The Morgan fingerprint density at radius 1 is 1.06 bits per heavy atom. The van der Waals surface area contributed by atoms with E-state index in [0.717, 1.165) is 57.5 Å². The Hall–Kier alpha value is -2.40. The minimum absolute atomic E-state index is 0. The fourth-order valence-corrected chi connectivity index (χ4v) is 3.69. The van der Waals surface area contributed by atoms with E-state index in [9.17, 15) is 0 Å². The van der Waals surface area contributed by atoms with Gasteiger partial charge in [-0.25, -0.2) is 4.99 Å². The largest absolute Gasteiger partial charge is 0.364 e. The molecule has 0 bridgehead atoms. The average Bonchev–Trinajstić information content (AvgIpc) is 3.47. The van der Waals surface area contributed by atoms with E-state index in [2.05, 4.69) is 56.6 Å². The van der Waals surface area contributed by atoms with Crippen LogP contribution < -0.4 is 5.32 Å². The molecule has 0 radical (unpaired) electrons. The van der Waals surface area contributed by atoms with Crippen LogP contribution in [0, 0.1) is 0 Å². The van der Waals surface area contributed by atoms with Gasteiger partial charge in [-0.15, -0.1) is 24.0 Å². The molecule has 1 saturated heterocycles. The number of hydrogen-bond donors (Lipinski definition) is 1. The van der Waals surface area contributed by atoms with Crippen molar-refractivity contribution in [2.24, 2.45) is 4.99 Å². The predicted molar refractivity (Wildman–Crippen MR) is 131 cm³/mol. The lowest BCUT2D eigenvalue weighted by molar-refractivity contribution is 0.169. The molecule has 0 amide bonds. The van der Waals surface area contributed by atoms with Crippen LogP contribution in [-0.2, 0) is 19.6 Å². The molecule has 2 aromatic heterocycles. The third-order valence-corrected chi connectivity index (χ3v) is 5.29. The minimum atomic E-state index is 0. The first-order valence-electron chi connectivity index (χ1n) is 10.5. The van der Waals surface area contributed by atoms with Gasteiger partial charge in [-0.05, 0) is 24.1 Å². The van der Waals surface area contributed by atoms with Gasteiger partial charge in [0.2, 0.25) is 0 Å². The Bertz CT molecular complexity index is 919. The Morgan fingerprint density at radius 2 is 1.87 bits per heavy atom. The number of piperazine rings is 1. The first kappa shape index (κ1) is 23.3. The standard InChI is InChI=1S/C22H29N7O.HI/c1-2-23-22(28-13-11-27(12-14-28)18-21-8-15-30-26-21)24-16-19-6-3-4-7-20(19)17-29-10-5-9-25-29;/h3-10,15H,2,11-14,16-18H2,1H3,(H,23,24);1H. The molecule has 0 aliphatic carbocycles. The highest BCUT2D eigenvalue weighted by Gasteiger charge is 2.20. The second-order valence-electron chi connectivity index (χ2n) is 7.40. The molecular formula is C22H30IN7O. The van der Waals surface area contributed by atoms with Crippen molar-refractivity contribution in [1.29, 1.82) is 0 Å². The quantitative estimate of drug-likeness (QED) is 0.285. The van der Waals surface area contributed by atoms with Gasteiger partial charge < -0.3 is 14.7 Å². The van der Waals surface area contributed by atoms with E-state index >= 15 is 0 Å². The Kier molecular flexibility index (Phi) is 8.89. The highest BCUT2D eigenvalue weighted by molar-refractivity contribution is 14.0. The molecule has 3 aromatic rings. The molecule has 1 fully saturated rings. The zero-order valence-corrected chi connectivity index (χ0v) is 20.2. The first-order chi connectivity index (χ1) is 14.8. The van der Waals surface area contributed by atoms with Crippen LogP contribution in [-0.4, -0.2) is 63.4 Å². The molecule has 1 aliphatic rings. The lowest BCUT2D eigenvalue weighted by Gasteiger charge is -2.36. The van der Waals surface area contributed by atoms with Crippen LogP contribution in [0.1, 0.15) is 23.7 Å². The van der Waals surface area contributed by atoms with Crippen molar-refractivity contribution in [3.8, 4) is 0 Å². The molecule has 1 aromatic carbocycles. The molecule has 31 heavy (non-hydrogen) atoms. The minimum Gasteiger partial charge on any atom is -0.364 e. The van der Waals surface area contributed by atoms with Crippen LogP contribution in [0.5, 0.6) is 0 Å². The fourth-order valence-electron chi connectivity index (χ4n) is 3.69. The van der Waals surface area contributed by atoms with Gasteiger partial charge in [-0.3, -0.25) is 9.58 Å². The van der Waals surface area contributed by atoms with E-state index in [4.69, 9.17) is 9.52 Å². The van der Waals surface area contributed by atoms with Crippen LogP contribution in [0.25, 0.3) is 0 Å². The number of benzene rings is 1. The summed E-state index contributed by atoms with van der Waals surface area (Å²) >= 11 is 0. The molecule has 1 N–H and O–H groups in total. The van der Waals surface area contributed by atoms with Crippen molar-refractivity contribution in [2.45, 2.75) is 26.6 Å². The van der Waals surface area contributed by atoms with Crippen molar-refractivity contribution in [3.63, 3.8) is 0 Å². The molecule has 3 heterocycles. The maximum absolute atomic E-state index is 4.95. The summed E-state index contributed by atoms with van der Waals surface area (Å²) in [7, 11) is 0. The topological polar surface area (TPSA) is 74.7 Å². The van der Waals surface area contributed by atoms with E-state index in [1.54, 1.807) is 6.26 Å². The Labute approximate surface area is 200 Å². The summed E-state index contributed by atoms with van der Waals surface area (Å²) in [4.78, 5) is 9.70. The number of aliphatic imine (C=N–C) groups is 1. The molecule has 0 saturated carbocycles. The summed E-state index contributed by atoms with van der Waals surface area (Å²) in [5, 5.41) is 11.8. The highest BCUT2D eigenvalue weighted by Crippen LogP contribution is 2.13. The zero-order valence-electron chi connectivity index (χ0n) is 17.9. The van der Waals surface area contributed by atoms with E-state index in [1.165, 1.54) is 11.1 Å². The van der Waals surface area contributed by atoms with E-state index in [-0.39, 0.29) is 24.0 Å². The van der Waals surface area contributed by atoms with Crippen molar-refractivity contribution < 1.29 is 4.52 Å². The summed E-state index contributed by atoms with van der Waals surface area (Å²) < 4.78 is 6.89. The zero-order chi connectivity index (χ0) is 20.6. The maximum atomic E-state index is 4.95. The predicted octanol–water partition coefficient (Wildman–Crippen LogP) is 2.82. The molecule has 4 rings (SSSR count). The molecule has 0 spiro atoms. The number of hydrogen-bond acceptors (Lipinski definition) is 5. The summed E-state index contributed by atoms with van der Waals surface area (Å²) in [6.45, 7) is 9.06. The van der Waals surface area contributed by atoms with Gasteiger partial charge in [0.1, 0.15) is 6.26 Å². The molecule has 9 heteroatoms. The van der Waals surface area contributed by atoms with Crippen LogP contribution >= 0.6 is 24.0 Å². The smallest absolute Gasteiger partial charge is 0.194 e. The summed E-state index contributed by atoms with van der Waals surface area (Å²) in [5.41, 5.74) is 3.46. The van der Waals surface area contributed by atoms with Crippen LogP contribution in [0.3, 0.4) is 0 Å². The molecule has 0 atom stereocenters. The van der Waals surface area contributed by atoms with Crippen molar-refractivity contribution >= 4 is 29.9 Å².